The molecule has 0 radical (unpaired) electrons. The van der Waals surface area contributed by atoms with E-state index in [1.165, 1.54) is 18.7 Å². The summed E-state index contributed by atoms with van der Waals surface area (Å²) in [5.74, 6) is -14.0. The molecule has 6 atom stereocenters. The molecule has 1 heterocycles. The topological polar surface area (TPSA) is 316 Å². The highest BCUT2D eigenvalue weighted by molar-refractivity contribution is 6.17. The molecule has 1 unspecified atom stereocenters. The number of hydrogen-bond donors (Lipinski definition) is 8. The number of rotatable bonds is 23. The smallest absolute Gasteiger partial charge is 0.428 e. The second kappa shape index (κ2) is 23.6. The molecule has 0 spiro atoms. The Bertz CT molecular complexity index is 1460. The van der Waals surface area contributed by atoms with Gasteiger partial charge in [0.1, 0.15) is 30.2 Å². The molecule has 23 heteroatoms. The molecule has 1 fully saturated rings. The van der Waals surface area contributed by atoms with Crippen molar-refractivity contribution in [3.8, 4) is 0 Å². The van der Waals surface area contributed by atoms with E-state index in [4.69, 9.17) is 26.3 Å². The van der Waals surface area contributed by atoms with Gasteiger partial charge < -0.3 is 51.1 Å². The van der Waals surface area contributed by atoms with Crippen LogP contribution < -0.4 is 26.9 Å². The van der Waals surface area contributed by atoms with Gasteiger partial charge in [-0.2, -0.15) is 0 Å². The zero-order valence-electron chi connectivity index (χ0n) is 32.0. The Morgan fingerprint density at radius 3 is 1.89 bits per heavy atom. The number of hydrogen-bond acceptors (Lipinski definition) is 13. The zero-order chi connectivity index (χ0) is 42.9. The monoisotopic (exact) mass is 821 g/mol. The van der Waals surface area contributed by atoms with Gasteiger partial charge in [0.25, 0.3) is 0 Å². The van der Waals surface area contributed by atoms with E-state index in [1.54, 1.807) is 20.8 Å². The second-order valence-corrected chi connectivity index (χ2v) is 13.8. The Balaban J connectivity index is 3.33. The predicted molar refractivity (Wildman–Crippen MR) is 191 cm³/mol. The minimum Gasteiger partial charge on any atom is -0.481 e. The standard InChI is InChI=1S/C33H52ClN7O15/c1-7-12-41(33(54)55-15-34)39-56-32(53)21-9-8-13-40(21)30(50)25(17(4)5)37-28(48)24(16(2)3)36-29(49)26(19(31(51)52)14-23(45)46)38-27(47)20(35-18(6)42)10-11-22(43)44/h16-17,19-21,24-26,39H,7-15H2,1-6H3,(H,35,42)(H,36,49)(H,37,48)(H,38,47)(H,43,44)(H,45,46)(H,51,52)/t19?,20-,21+,24+,25+,26-/m1/s1. The normalized spacial score (nSPS) is 16.4. The number of aliphatic carboxylic acids is 3. The van der Waals surface area contributed by atoms with Gasteiger partial charge in [-0.05, 0) is 37.5 Å². The fourth-order valence-corrected chi connectivity index (χ4v) is 5.69. The van der Waals surface area contributed by atoms with Crippen LogP contribution in [0.1, 0.15) is 80.1 Å². The van der Waals surface area contributed by atoms with E-state index < -0.39 is 133 Å². The molecular formula is C33H52ClN7O15. The molecule has 1 rings (SSSR count). The third-order valence-corrected chi connectivity index (χ3v) is 8.53. The summed E-state index contributed by atoms with van der Waals surface area (Å²) in [6.07, 6.45) is -2.15. The Morgan fingerprint density at radius 2 is 1.39 bits per heavy atom. The van der Waals surface area contributed by atoms with Gasteiger partial charge in [-0.3, -0.25) is 38.4 Å². The number of carbonyl (C=O) groups is 10. The van der Waals surface area contributed by atoms with E-state index in [2.05, 4.69) is 26.9 Å². The van der Waals surface area contributed by atoms with E-state index >= 15 is 0 Å². The molecule has 0 aromatic heterocycles. The molecule has 8 N–H and O–H groups in total. The summed E-state index contributed by atoms with van der Waals surface area (Å²) in [5, 5.41) is 38.4. The molecule has 0 bridgehead atoms. The van der Waals surface area contributed by atoms with Crippen LogP contribution in [0.25, 0.3) is 0 Å². The molecule has 0 aromatic rings. The lowest BCUT2D eigenvalue weighted by molar-refractivity contribution is -0.170. The number of ether oxygens (including phenoxy) is 1. The maximum absolute atomic E-state index is 13.9. The second-order valence-electron chi connectivity index (χ2n) is 13.5. The lowest BCUT2D eigenvalue weighted by Gasteiger charge is -2.32. The van der Waals surface area contributed by atoms with E-state index in [0.29, 0.717) is 12.8 Å². The summed E-state index contributed by atoms with van der Waals surface area (Å²) in [6, 6.07) is -8.07. The highest BCUT2D eigenvalue weighted by Gasteiger charge is 2.43. The van der Waals surface area contributed by atoms with Crippen molar-refractivity contribution in [2.45, 2.75) is 110 Å². The number of carboxylic acids is 3. The zero-order valence-corrected chi connectivity index (χ0v) is 32.8. The highest BCUT2D eigenvalue weighted by atomic mass is 35.5. The number of likely N-dealkylation sites (tertiary alicyclic amines) is 1. The quantitative estimate of drug-likeness (QED) is 0.0467. The van der Waals surface area contributed by atoms with Crippen LogP contribution in [0.15, 0.2) is 0 Å². The lowest BCUT2D eigenvalue weighted by Crippen LogP contribution is -2.62. The summed E-state index contributed by atoms with van der Waals surface area (Å²) in [5.41, 5.74) is 2.21. The molecule has 6 amide bonds. The summed E-state index contributed by atoms with van der Waals surface area (Å²) in [4.78, 5) is 133. The molecule has 316 valence electrons. The van der Waals surface area contributed by atoms with Crippen LogP contribution in [0.4, 0.5) is 4.79 Å². The number of carboxylic acid groups (broad SMARTS) is 3. The van der Waals surface area contributed by atoms with E-state index in [0.717, 1.165) is 11.9 Å². The number of hydrazine groups is 1. The molecule has 1 aliphatic rings. The minimum absolute atomic E-state index is 0.0827. The SMILES string of the molecule is CCCN(NOC(=O)[C@@H]1CCCN1C(=O)[C@@H](NC(=O)[C@@H](NC(=O)[C@H](NC(=O)[C@@H](CCC(=O)O)NC(C)=O)C(CC(=O)O)C(=O)O)C(C)C)C(C)C)C(=O)OCCl. The molecule has 1 saturated heterocycles. The van der Waals surface area contributed by atoms with Crippen LogP contribution >= 0.6 is 11.6 Å². The van der Waals surface area contributed by atoms with Gasteiger partial charge in [-0.1, -0.05) is 51.8 Å². The third kappa shape index (κ3) is 15.5. The van der Waals surface area contributed by atoms with Crippen LogP contribution in [0, 0.1) is 17.8 Å². The number of carbonyl (C=O) groups excluding carboxylic acids is 7. The highest BCUT2D eigenvalue weighted by Crippen LogP contribution is 2.22. The maximum atomic E-state index is 13.9. The van der Waals surface area contributed by atoms with Gasteiger partial charge in [0.05, 0.1) is 12.3 Å². The third-order valence-electron chi connectivity index (χ3n) is 8.42. The van der Waals surface area contributed by atoms with Crippen molar-refractivity contribution in [1.29, 1.82) is 0 Å². The summed E-state index contributed by atoms with van der Waals surface area (Å²) >= 11 is 5.44. The van der Waals surface area contributed by atoms with Crippen LogP contribution in [0.5, 0.6) is 0 Å². The maximum Gasteiger partial charge on any atom is 0.428 e. The molecule has 22 nitrogen and oxygen atoms in total. The Kier molecular flexibility index (Phi) is 20.6. The Morgan fingerprint density at radius 1 is 0.821 bits per heavy atom. The first-order valence-electron chi connectivity index (χ1n) is 17.8. The van der Waals surface area contributed by atoms with Gasteiger partial charge in [-0.25, -0.2) is 14.6 Å². The van der Waals surface area contributed by atoms with Crippen molar-refractivity contribution in [3.63, 3.8) is 0 Å². The number of halogens is 1. The fraction of sp³-hybridized carbons (Fsp3) is 0.697. The van der Waals surface area contributed by atoms with E-state index in [9.17, 15) is 58.2 Å². The first kappa shape index (κ1) is 48.8. The Labute approximate surface area is 327 Å². The predicted octanol–water partition coefficient (Wildman–Crippen LogP) is -0.703. The van der Waals surface area contributed by atoms with Gasteiger partial charge in [0.15, 0.2) is 6.07 Å². The lowest BCUT2D eigenvalue weighted by atomic mass is 9.93. The van der Waals surface area contributed by atoms with Crippen LogP contribution in [0.2, 0.25) is 0 Å². The van der Waals surface area contributed by atoms with Gasteiger partial charge >= 0.3 is 30.0 Å². The summed E-state index contributed by atoms with van der Waals surface area (Å²) in [6.45, 7) is 9.16. The van der Waals surface area contributed by atoms with E-state index in [-0.39, 0.29) is 19.5 Å². The Hall–Kier alpha value is -5.25. The van der Waals surface area contributed by atoms with Crippen molar-refractivity contribution in [1.82, 2.24) is 36.8 Å². The first-order chi connectivity index (χ1) is 26.2. The molecular weight excluding hydrogens is 770 g/mol. The molecule has 0 saturated carbocycles. The number of nitrogens with zero attached hydrogens (tertiary/aromatic N) is 2. The summed E-state index contributed by atoms with van der Waals surface area (Å²) < 4.78 is 4.70. The first-order valence-corrected chi connectivity index (χ1v) is 18.3. The van der Waals surface area contributed by atoms with Crippen molar-refractivity contribution in [2.75, 3.05) is 19.2 Å². The number of nitrogens with one attached hydrogen (secondary N) is 5. The van der Waals surface area contributed by atoms with Gasteiger partial charge in [-0.15, -0.1) is 0 Å². The number of alkyl halides is 1. The van der Waals surface area contributed by atoms with Crippen LogP contribution in [-0.2, 0) is 52.7 Å². The van der Waals surface area contributed by atoms with Crippen molar-refractivity contribution in [3.05, 3.63) is 0 Å². The van der Waals surface area contributed by atoms with Crippen molar-refractivity contribution >= 4 is 71.1 Å². The fourth-order valence-electron chi connectivity index (χ4n) is 5.60. The van der Waals surface area contributed by atoms with Crippen molar-refractivity contribution < 1.29 is 72.8 Å². The van der Waals surface area contributed by atoms with Crippen LogP contribution in [-0.4, -0.2) is 134 Å². The van der Waals surface area contributed by atoms with Crippen molar-refractivity contribution in [2.24, 2.45) is 17.8 Å². The molecule has 1 aliphatic heterocycles. The number of amides is 6. The molecule has 0 aliphatic carbocycles. The van der Waals surface area contributed by atoms with Crippen LogP contribution in [0.3, 0.4) is 0 Å². The summed E-state index contributed by atoms with van der Waals surface area (Å²) in [7, 11) is 0. The molecule has 0 aromatic carbocycles. The minimum atomic E-state index is -2.15. The van der Waals surface area contributed by atoms with E-state index in [1.807, 2.05) is 0 Å². The average molecular weight is 822 g/mol. The average Bonchev–Trinajstić information content (AvgIpc) is 3.60. The van der Waals surface area contributed by atoms with Gasteiger partial charge in [0.2, 0.25) is 29.5 Å². The largest absolute Gasteiger partial charge is 0.481 e. The molecule has 56 heavy (non-hydrogen) atoms. The van der Waals surface area contributed by atoms with Gasteiger partial charge in [0, 0.05) is 26.4 Å².